The lowest BCUT2D eigenvalue weighted by Gasteiger charge is -2.11. The fraction of sp³-hybridized carbons (Fsp3) is 0.0769. The van der Waals surface area contributed by atoms with Crippen LogP contribution in [0.15, 0.2) is 48.5 Å². The number of rotatable bonds is 5. The van der Waals surface area contributed by atoms with Gasteiger partial charge < -0.3 is 9.46 Å². The lowest BCUT2D eigenvalue weighted by molar-refractivity contribution is -0.384. The van der Waals surface area contributed by atoms with Crippen LogP contribution >= 0.6 is 11.9 Å². The number of anilines is 1. The number of hydrogen-bond donors (Lipinski definition) is 1. The summed E-state index contributed by atoms with van der Waals surface area (Å²) < 4.78 is 8.70. The maximum Gasteiger partial charge on any atom is 0.273 e. The van der Waals surface area contributed by atoms with Crippen molar-refractivity contribution in [2.75, 3.05) is 11.0 Å². The second-order valence-electron chi connectivity index (χ2n) is 3.66. The number of para-hydroxylation sites is 1. The van der Waals surface area contributed by atoms with Crippen molar-refractivity contribution in [1.29, 1.82) is 0 Å². The molecular weight excluding hydrogens is 264 g/mol. The minimum Gasteiger partial charge on any atom is -0.455 e. The van der Waals surface area contributed by atoms with Gasteiger partial charge in [0.1, 0.15) is 5.75 Å². The minimum absolute atomic E-state index is 0.00224. The average molecular weight is 276 g/mol. The monoisotopic (exact) mass is 276 g/mol. The van der Waals surface area contributed by atoms with Crippen molar-refractivity contribution in [3.63, 3.8) is 0 Å². The van der Waals surface area contributed by atoms with Crippen molar-refractivity contribution in [2.24, 2.45) is 0 Å². The average Bonchev–Trinajstić information content (AvgIpc) is 2.42. The van der Waals surface area contributed by atoms with Gasteiger partial charge in [-0.1, -0.05) is 30.1 Å². The van der Waals surface area contributed by atoms with Crippen molar-refractivity contribution in [2.45, 2.75) is 0 Å². The topological polar surface area (TPSA) is 64.4 Å². The Morgan fingerprint density at radius 3 is 2.58 bits per heavy atom. The molecule has 0 amide bonds. The molecule has 0 spiro atoms. The maximum atomic E-state index is 10.8. The summed E-state index contributed by atoms with van der Waals surface area (Å²) in [6.45, 7) is 0. The van der Waals surface area contributed by atoms with E-state index >= 15 is 0 Å². The van der Waals surface area contributed by atoms with Crippen LogP contribution in [0.3, 0.4) is 0 Å². The van der Waals surface area contributed by atoms with Gasteiger partial charge in [0.15, 0.2) is 5.75 Å². The zero-order chi connectivity index (χ0) is 13.7. The molecule has 1 N–H and O–H groups in total. The molecule has 0 unspecified atom stereocenters. The summed E-state index contributed by atoms with van der Waals surface area (Å²) in [7, 11) is 0. The standard InChI is InChI=1S/C13H12N2O3S/c1-19-14-12-8-7-10(15(16)17)9-13(12)18-11-5-3-2-4-6-11/h2-9,14H,1H3. The minimum atomic E-state index is -0.444. The fourth-order valence-corrected chi connectivity index (χ4v) is 1.91. The Morgan fingerprint density at radius 1 is 1.21 bits per heavy atom. The lowest BCUT2D eigenvalue weighted by atomic mass is 10.2. The quantitative estimate of drug-likeness (QED) is 0.506. The third-order valence-electron chi connectivity index (χ3n) is 2.36. The molecule has 0 radical (unpaired) electrons. The van der Waals surface area contributed by atoms with Crippen molar-refractivity contribution >= 4 is 23.3 Å². The highest BCUT2D eigenvalue weighted by molar-refractivity contribution is 7.99. The summed E-state index contributed by atoms with van der Waals surface area (Å²) in [5, 5.41) is 10.8. The number of ether oxygens (including phenoxy) is 1. The van der Waals surface area contributed by atoms with Gasteiger partial charge >= 0.3 is 0 Å². The van der Waals surface area contributed by atoms with Crippen LogP contribution < -0.4 is 9.46 Å². The number of hydrogen-bond acceptors (Lipinski definition) is 5. The second kappa shape index (κ2) is 6.10. The Labute approximate surface area is 114 Å². The van der Waals surface area contributed by atoms with Crippen molar-refractivity contribution < 1.29 is 9.66 Å². The van der Waals surface area contributed by atoms with Crippen LogP contribution in [-0.4, -0.2) is 11.2 Å². The van der Waals surface area contributed by atoms with E-state index in [9.17, 15) is 10.1 Å². The highest BCUT2D eigenvalue weighted by Crippen LogP contribution is 2.34. The lowest BCUT2D eigenvalue weighted by Crippen LogP contribution is -1.94. The van der Waals surface area contributed by atoms with E-state index in [2.05, 4.69) is 4.72 Å². The zero-order valence-corrected chi connectivity index (χ0v) is 11.0. The molecule has 19 heavy (non-hydrogen) atoms. The summed E-state index contributed by atoms with van der Waals surface area (Å²) in [5.41, 5.74) is 0.694. The van der Waals surface area contributed by atoms with E-state index in [1.807, 2.05) is 24.5 Å². The largest absolute Gasteiger partial charge is 0.455 e. The molecule has 0 aliphatic heterocycles. The number of nitro benzene ring substituents is 1. The van der Waals surface area contributed by atoms with Crippen molar-refractivity contribution in [3.8, 4) is 11.5 Å². The molecule has 0 aromatic heterocycles. The Balaban J connectivity index is 2.34. The molecule has 2 aromatic rings. The molecule has 2 aromatic carbocycles. The van der Waals surface area contributed by atoms with E-state index < -0.39 is 4.92 Å². The summed E-state index contributed by atoms with van der Waals surface area (Å²) in [5.74, 6) is 1.06. The molecule has 0 fully saturated rings. The summed E-state index contributed by atoms with van der Waals surface area (Å²) in [4.78, 5) is 10.4. The van der Waals surface area contributed by atoms with E-state index in [0.717, 1.165) is 0 Å². The molecular formula is C13H12N2O3S. The van der Waals surface area contributed by atoms with Gasteiger partial charge in [-0.15, -0.1) is 0 Å². The number of non-ortho nitro benzene ring substituents is 1. The van der Waals surface area contributed by atoms with Gasteiger partial charge in [-0.05, 0) is 18.2 Å². The molecule has 0 aliphatic rings. The first-order valence-electron chi connectivity index (χ1n) is 5.51. The van der Waals surface area contributed by atoms with Crippen LogP contribution in [0.25, 0.3) is 0 Å². The fourth-order valence-electron chi connectivity index (χ4n) is 1.52. The Hall–Kier alpha value is -2.21. The van der Waals surface area contributed by atoms with Gasteiger partial charge in [-0.25, -0.2) is 0 Å². The number of benzene rings is 2. The molecule has 0 bridgehead atoms. The molecule has 0 heterocycles. The first-order valence-corrected chi connectivity index (χ1v) is 6.73. The summed E-state index contributed by atoms with van der Waals surface area (Å²) >= 11 is 1.39. The van der Waals surface area contributed by atoms with Crippen LogP contribution in [0.2, 0.25) is 0 Å². The summed E-state index contributed by atoms with van der Waals surface area (Å²) in [6.07, 6.45) is 1.87. The molecule has 6 heteroatoms. The SMILES string of the molecule is CSNc1ccc([N+](=O)[O-])cc1Oc1ccccc1. The molecule has 5 nitrogen and oxygen atoms in total. The maximum absolute atomic E-state index is 10.8. The van der Waals surface area contributed by atoms with E-state index in [4.69, 9.17) is 4.74 Å². The van der Waals surface area contributed by atoms with E-state index in [1.165, 1.54) is 24.1 Å². The third-order valence-corrected chi connectivity index (χ3v) is 2.78. The Bertz CT molecular complexity index is 575. The first kappa shape index (κ1) is 13.2. The number of nitrogens with zero attached hydrogens (tertiary/aromatic N) is 1. The highest BCUT2D eigenvalue weighted by atomic mass is 32.2. The van der Waals surface area contributed by atoms with Crippen LogP contribution in [0.1, 0.15) is 0 Å². The smallest absolute Gasteiger partial charge is 0.273 e. The van der Waals surface area contributed by atoms with E-state index in [-0.39, 0.29) is 5.69 Å². The van der Waals surface area contributed by atoms with Crippen LogP contribution in [-0.2, 0) is 0 Å². The number of nitrogens with one attached hydrogen (secondary N) is 1. The molecule has 98 valence electrons. The highest BCUT2D eigenvalue weighted by Gasteiger charge is 2.12. The Morgan fingerprint density at radius 2 is 1.95 bits per heavy atom. The van der Waals surface area contributed by atoms with Gasteiger partial charge in [0.2, 0.25) is 0 Å². The van der Waals surface area contributed by atoms with Gasteiger partial charge in [0, 0.05) is 12.3 Å². The van der Waals surface area contributed by atoms with Crippen LogP contribution in [0.5, 0.6) is 11.5 Å². The van der Waals surface area contributed by atoms with Gasteiger partial charge in [-0.2, -0.15) is 0 Å². The Kier molecular flexibility index (Phi) is 4.25. The normalized spacial score (nSPS) is 9.95. The van der Waals surface area contributed by atoms with Gasteiger partial charge in [-0.3, -0.25) is 10.1 Å². The first-order chi connectivity index (χ1) is 9.20. The predicted octanol–water partition coefficient (Wildman–Crippen LogP) is 4.08. The third kappa shape index (κ3) is 3.38. The molecule has 0 aliphatic carbocycles. The van der Waals surface area contributed by atoms with E-state index in [0.29, 0.717) is 17.2 Å². The zero-order valence-electron chi connectivity index (χ0n) is 10.2. The summed E-state index contributed by atoms with van der Waals surface area (Å²) in [6, 6.07) is 13.6. The van der Waals surface area contributed by atoms with Crippen molar-refractivity contribution in [1.82, 2.24) is 0 Å². The van der Waals surface area contributed by atoms with Gasteiger partial charge in [0.05, 0.1) is 16.7 Å². The van der Waals surface area contributed by atoms with Crippen LogP contribution in [0, 0.1) is 10.1 Å². The molecule has 0 saturated heterocycles. The molecule has 0 saturated carbocycles. The molecule has 2 rings (SSSR count). The predicted molar refractivity (Wildman–Crippen MR) is 76.8 cm³/mol. The van der Waals surface area contributed by atoms with Crippen LogP contribution in [0.4, 0.5) is 11.4 Å². The van der Waals surface area contributed by atoms with Gasteiger partial charge in [0.25, 0.3) is 5.69 Å². The molecule has 0 atom stereocenters. The number of nitro groups is 1. The second-order valence-corrected chi connectivity index (χ2v) is 4.27. The van der Waals surface area contributed by atoms with E-state index in [1.54, 1.807) is 18.2 Å². The van der Waals surface area contributed by atoms with Crippen molar-refractivity contribution in [3.05, 3.63) is 58.6 Å².